The zero-order chi connectivity index (χ0) is 12.1. The SMILES string of the molecule is CCN(CC1CCCNC1)C(=O)C1CC=CC1. The van der Waals surface area contributed by atoms with Crippen molar-refractivity contribution in [1.29, 1.82) is 0 Å². The van der Waals surface area contributed by atoms with Crippen LogP contribution in [0.5, 0.6) is 0 Å². The van der Waals surface area contributed by atoms with Gasteiger partial charge in [0.25, 0.3) is 0 Å². The summed E-state index contributed by atoms with van der Waals surface area (Å²) in [6.07, 6.45) is 8.68. The number of hydrogen-bond acceptors (Lipinski definition) is 2. The predicted octanol–water partition coefficient (Wildman–Crippen LogP) is 1.80. The lowest BCUT2D eigenvalue weighted by molar-refractivity contribution is -0.135. The summed E-state index contributed by atoms with van der Waals surface area (Å²) in [6.45, 7) is 6.11. The van der Waals surface area contributed by atoms with Crippen LogP contribution >= 0.6 is 0 Å². The Hall–Kier alpha value is -0.830. The van der Waals surface area contributed by atoms with Gasteiger partial charge in [0.2, 0.25) is 5.91 Å². The van der Waals surface area contributed by atoms with E-state index in [9.17, 15) is 4.79 Å². The van der Waals surface area contributed by atoms with Gasteiger partial charge in [-0.2, -0.15) is 0 Å². The molecule has 2 rings (SSSR count). The number of hydrogen-bond donors (Lipinski definition) is 1. The summed E-state index contributed by atoms with van der Waals surface area (Å²) in [5.41, 5.74) is 0. The molecule has 0 aromatic heterocycles. The van der Waals surface area contributed by atoms with Gasteiger partial charge in [-0.3, -0.25) is 4.79 Å². The van der Waals surface area contributed by atoms with Crippen molar-refractivity contribution in [2.45, 2.75) is 32.6 Å². The molecule has 3 nitrogen and oxygen atoms in total. The van der Waals surface area contributed by atoms with Gasteiger partial charge in [0.1, 0.15) is 0 Å². The van der Waals surface area contributed by atoms with Crippen LogP contribution in [0.1, 0.15) is 32.6 Å². The number of carbonyl (C=O) groups is 1. The summed E-state index contributed by atoms with van der Waals surface area (Å²) in [4.78, 5) is 14.4. The molecule has 1 fully saturated rings. The van der Waals surface area contributed by atoms with Crippen LogP contribution in [-0.4, -0.2) is 37.0 Å². The Balaban J connectivity index is 1.84. The van der Waals surface area contributed by atoms with Crippen LogP contribution in [0.2, 0.25) is 0 Å². The van der Waals surface area contributed by atoms with E-state index < -0.39 is 0 Å². The third-order valence-corrected chi connectivity index (χ3v) is 3.93. The first-order valence-electron chi connectivity index (χ1n) is 6.95. The molecule has 1 heterocycles. The Morgan fingerprint density at radius 1 is 1.41 bits per heavy atom. The summed E-state index contributed by atoms with van der Waals surface area (Å²) in [5.74, 6) is 1.25. The normalized spacial score (nSPS) is 25.1. The van der Waals surface area contributed by atoms with Gasteiger partial charge < -0.3 is 10.2 Å². The maximum Gasteiger partial charge on any atom is 0.226 e. The Morgan fingerprint density at radius 3 is 2.76 bits per heavy atom. The van der Waals surface area contributed by atoms with Gasteiger partial charge in [-0.1, -0.05) is 12.2 Å². The van der Waals surface area contributed by atoms with Crippen LogP contribution in [-0.2, 0) is 4.79 Å². The molecule has 0 aromatic carbocycles. The monoisotopic (exact) mass is 236 g/mol. The van der Waals surface area contributed by atoms with Gasteiger partial charge in [0.15, 0.2) is 0 Å². The first-order chi connectivity index (χ1) is 8.31. The Kier molecular flexibility index (Phi) is 4.60. The molecule has 0 bridgehead atoms. The summed E-state index contributed by atoms with van der Waals surface area (Å²) in [6, 6.07) is 0. The number of nitrogens with zero attached hydrogens (tertiary/aromatic N) is 1. The van der Waals surface area contributed by atoms with Gasteiger partial charge in [0.05, 0.1) is 0 Å². The van der Waals surface area contributed by atoms with E-state index in [2.05, 4.69) is 29.3 Å². The maximum atomic E-state index is 12.3. The smallest absolute Gasteiger partial charge is 0.226 e. The number of rotatable bonds is 4. The van der Waals surface area contributed by atoms with Crippen LogP contribution in [0.25, 0.3) is 0 Å². The minimum atomic E-state index is 0.228. The van der Waals surface area contributed by atoms with Crippen molar-refractivity contribution >= 4 is 5.91 Å². The lowest BCUT2D eigenvalue weighted by atomic mass is 9.98. The van der Waals surface area contributed by atoms with Crippen LogP contribution in [0.15, 0.2) is 12.2 Å². The molecule has 3 heteroatoms. The molecule has 0 saturated carbocycles. The first kappa shape index (κ1) is 12.6. The van der Waals surface area contributed by atoms with Gasteiger partial charge in [-0.15, -0.1) is 0 Å². The molecular weight excluding hydrogens is 212 g/mol. The highest BCUT2D eigenvalue weighted by Crippen LogP contribution is 2.21. The van der Waals surface area contributed by atoms with Crippen molar-refractivity contribution in [2.24, 2.45) is 11.8 Å². The van der Waals surface area contributed by atoms with Crippen molar-refractivity contribution in [3.8, 4) is 0 Å². The minimum Gasteiger partial charge on any atom is -0.342 e. The molecule has 1 amide bonds. The van der Waals surface area contributed by atoms with Crippen LogP contribution in [0.3, 0.4) is 0 Å². The van der Waals surface area contributed by atoms with E-state index in [0.29, 0.717) is 11.8 Å². The molecule has 1 unspecified atom stereocenters. The highest BCUT2D eigenvalue weighted by Gasteiger charge is 2.26. The zero-order valence-corrected chi connectivity index (χ0v) is 10.8. The number of amides is 1. The molecule has 0 radical (unpaired) electrons. The van der Waals surface area contributed by atoms with Crippen molar-refractivity contribution in [1.82, 2.24) is 10.2 Å². The van der Waals surface area contributed by atoms with E-state index in [1.54, 1.807) is 0 Å². The number of nitrogens with one attached hydrogen (secondary N) is 1. The van der Waals surface area contributed by atoms with Crippen molar-refractivity contribution < 1.29 is 4.79 Å². The van der Waals surface area contributed by atoms with Crippen molar-refractivity contribution in [2.75, 3.05) is 26.2 Å². The lowest BCUT2D eigenvalue weighted by Crippen LogP contribution is -2.42. The van der Waals surface area contributed by atoms with Crippen molar-refractivity contribution in [3.05, 3.63) is 12.2 Å². The Morgan fingerprint density at radius 2 is 2.18 bits per heavy atom. The fourth-order valence-corrected chi connectivity index (χ4v) is 2.84. The second-order valence-electron chi connectivity index (χ2n) is 5.23. The summed E-state index contributed by atoms with van der Waals surface area (Å²) in [5, 5.41) is 3.42. The highest BCUT2D eigenvalue weighted by molar-refractivity contribution is 5.79. The largest absolute Gasteiger partial charge is 0.342 e. The van der Waals surface area contributed by atoms with E-state index in [0.717, 1.165) is 39.0 Å². The number of piperidine rings is 1. The van der Waals surface area contributed by atoms with E-state index in [-0.39, 0.29) is 5.92 Å². The number of allylic oxidation sites excluding steroid dienone is 2. The standard InChI is InChI=1S/C14H24N2O/c1-2-16(11-12-6-5-9-15-10-12)14(17)13-7-3-4-8-13/h3-4,12-13,15H,2,5-11H2,1H3. The molecule has 0 spiro atoms. The average molecular weight is 236 g/mol. The Labute approximate surface area is 104 Å². The van der Waals surface area contributed by atoms with E-state index in [4.69, 9.17) is 0 Å². The van der Waals surface area contributed by atoms with Gasteiger partial charge in [-0.05, 0) is 51.6 Å². The molecule has 1 saturated heterocycles. The average Bonchev–Trinajstić information content (AvgIpc) is 2.90. The van der Waals surface area contributed by atoms with E-state index in [1.165, 1.54) is 12.8 Å². The molecule has 0 aromatic rings. The third-order valence-electron chi connectivity index (χ3n) is 3.93. The van der Waals surface area contributed by atoms with E-state index in [1.807, 2.05) is 0 Å². The maximum absolute atomic E-state index is 12.3. The van der Waals surface area contributed by atoms with Crippen LogP contribution in [0, 0.1) is 11.8 Å². The topological polar surface area (TPSA) is 32.3 Å². The quantitative estimate of drug-likeness (QED) is 0.755. The molecule has 1 N–H and O–H groups in total. The predicted molar refractivity (Wildman–Crippen MR) is 69.7 cm³/mol. The third kappa shape index (κ3) is 3.32. The van der Waals surface area contributed by atoms with Crippen LogP contribution in [0.4, 0.5) is 0 Å². The highest BCUT2D eigenvalue weighted by atomic mass is 16.2. The minimum absolute atomic E-state index is 0.228. The van der Waals surface area contributed by atoms with Gasteiger partial charge in [-0.25, -0.2) is 0 Å². The second kappa shape index (κ2) is 6.20. The molecule has 1 aliphatic carbocycles. The molecule has 17 heavy (non-hydrogen) atoms. The number of carbonyl (C=O) groups excluding carboxylic acids is 1. The molecule has 2 aliphatic rings. The molecule has 1 atom stereocenters. The fraction of sp³-hybridized carbons (Fsp3) is 0.786. The van der Waals surface area contributed by atoms with E-state index >= 15 is 0 Å². The van der Waals surface area contributed by atoms with Crippen molar-refractivity contribution in [3.63, 3.8) is 0 Å². The lowest BCUT2D eigenvalue weighted by Gasteiger charge is -2.31. The molecule has 1 aliphatic heterocycles. The molecule has 96 valence electrons. The first-order valence-corrected chi connectivity index (χ1v) is 6.95. The summed E-state index contributed by atoms with van der Waals surface area (Å²) < 4.78 is 0. The van der Waals surface area contributed by atoms with Gasteiger partial charge >= 0.3 is 0 Å². The molecular formula is C14H24N2O. The Bertz CT molecular complexity index is 274. The summed E-state index contributed by atoms with van der Waals surface area (Å²) in [7, 11) is 0. The summed E-state index contributed by atoms with van der Waals surface area (Å²) >= 11 is 0. The fourth-order valence-electron chi connectivity index (χ4n) is 2.84. The van der Waals surface area contributed by atoms with Gasteiger partial charge in [0, 0.05) is 19.0 Å². The zero-order valence-electron chi connectivity index (χ0n) is 10.8. The second-order valence-corrected chi connectivity index (χ2v) is 5.23. The van der Waals surface area contributed by atoms with Crippen LogP contribution < -0.4 is 5.32 Å².